The lowest BCUT2D eigenvalue weighted by molar-refractivity contribution is -0.0618. The van der Waals surface area contributed by atoms with E-state index in [4.69, 9.17) is 13.9 Å². The van der Waals surface area contributed by atoms with Gasteiger partial charge in [-0.1, -0.05) is 30.3 Å². The fourth-order valence-electron chi connectivity index (χ4n) is 2.50. The molecule has 1 fully saturated rings. The van der Waals surface area contributed by atoms with Gasteiger partial charge < -0.3 is 13.9 Å². The van der Waals surface area contributed by atoms with E-state index in [0.29, 0.717) is 6.61 Å². The third-order valence-electron chi connectivity index (χ3n) is 3.59. The quantitative estimate of drug-likeness (QED) is 0.793. The van der Waals surface area contributed by atoms with Gasteiger partial charge in [0.2, 0.25) is 5.76 Å². The van der Waals surface area contributed by atoms with Crippen LogP contribution < -0.4 is 0 Å². The molecule has 5 nitrogen and oxygen atoms in total. The Morgan fingerprint density at radius 1 is 1.23 bits per heavy atom. The number of morpholine rings is 1. The van der Waals surface area contributed by atoms with Crippen molar-refractivity contribution in [2.45, 2.75) is 12.6 Å². The zero-order chi connectivity index (χ0) is 15.2. The van der Waals surface area contributed by atoms with Gasteiger partial charge in [0, 0.05) is 19.6 Å². The van der Waals surface area contributed by atoms with Crippen LogP contribution in [0.3, 0.4) is 0 Å². The van der Waals surface area contributed by atoms with Gasteiger partial charge in [0.15, 0.2) is 0 Å². The van der Waals surface area contributed by atoms with Crippen molar-refractivity contribution >= 4 is 5.97 Å². The van der Waals surface area contributed by atoms with Gasteiger partial charge >= 0.3 is 5.97 Å². The lowest BCUT2D eigenvalue weighted by atomic mass is 10.2. The molecule has 1 aliphatic rings. The van der Waals surface area contributed by atoms with Gasteiger partial charge in [-0.25, -0.2) is 4.79 Å². The van der Waals surface area contributed by atoms with E-state index in [2.05, 4.69) is 17.0 Å². The van der Waals surface area contributed by atoms with Crippen molar-refractivity contribution in [3.05, 3.63) is 60.1 Å². The molecule has 2 heterocycles. The van der Waals surface area contributed by atoms with Crippen LogP contribution >= 0.6 is 0 Å². The molecule has 22 heavy (non-hydrogen) atoms. The highest BCUT2D eigenvalue weighted by Gasteiger charge is 2.22. The summed E-state index contributed by atoms with van der Waals surface area (Å²) in [6.07, 6.45) is 1.35. The van der Waals surface area contributed by atoms with Crippen molar-refractivity contribution in [1.82, 2.24) is 4.90 Å². The highest BCUT2D eigenvalue weighted by Crippen LogP contribution is 2.11. The molecule has 1 aromatic carbocycles. The van der Waals surface area contributed by atoms with E-state index in [1.165, 1.54) is 11.8 Å². The molecule has 1 aliphatic heterocycles. The van der Waals surface area contributed by atoms with Crippen molar-refractivity contribution < 1.29 is 18.7 Å². The molecule has 1 atom stereocenters. The average molecular weight is 301 g/mol. The molecule has 0 amide bonds. The van der Waals surface area contributed by atoms with E-state index in [0.717, 1.165) is 19.6 Å². The maximum Gasteiger partial charge on any atom is 0.374 e. The van der Waals surface area contributed by atoms with Gasteiger partial charge in [-0.2, -0.15) is 0 Å². The molecule has 1 unspecified atom stereocenters. The Morgan fingerprint density at radius 2 is 2.09 bits per heavy atom. The topological polar surface area (TPSA) is 51.9 Å². The van der Waals surface area contributed by atoms with E-state index >= 15 is 0 Å². The first-order valence-electron chi connectivity index (χ1n) is 7.40. The first-order chi connectivity index (χ1) is 10.8. The molecule has 0 bridgehead atoms. The Labute approximate surface area is 129 Å². The number of carbonyl (C=O) groups is 1. The minimum Gasteiger partial charge on any atom is -0.457 e. The largest absolute Gasteiger partial charge is 0.457 e. The maximum absolute atomic E-state index is 11.7. The predicted octanol–water partition coefficient (Wildman–Crippen LogP) is 2.34. The summed E-state index contributed by atoms with van der Waals surface area (Å²) in [5.41, 5.74) is 1.27. The van der Waals surface area contributed by atoms with Crippen LogP contribution in [0.1, 0.15) is 16.1 Å². The minimum absolute atomic E-state index is 0.101. The van der Waals surface area contributed by atoms with Gasteiger partial charge in [-0.3, -0.25) is 4.90 Å². The zero-order valence-electron chi connectivity index (χ0n) is 12.3. The Kier molecular flexibility index (Phi) is 4.88. The summed E-state index contributed by atoms with van der Waals surface area (Å²) in [6.45, 7) is 3.41. The number of benzene rings is 1. The standard InChI is InChI=1S/C17H19NO4/c19-17(16-7-4-9-21-16)22-13-15-12-18(8-10-20-15)11-14-5-2-1-3-6-14/h1-7,9,15H,8,10-13H2. The number of furan rings is 1. The van der Waals surface area contributed by atoms with Crippen molar-refractivity contribution in [2.24, 2.45) is 0 Å². The SMILES string of the molecule is O=C(OCC1CN(Cc2ccccc2)CCO1)c1ccco1. The fourth-order valence-corrected chi connectivity index (χ4v) is 2.50. The lowest BCUT2D eigenvalue weighted by Crippen LogP contribution is -2.44. The van der Waals surface area contributed by atoms with Gasteiger partial charge in [0.25, 0.3) is 0 Å². The predicted molar refractivity (Wildman–Crippen MR) is 80.4 cm³/mol. The molecule has 0 spiro atoms. The Hall–Kier alpha value is -2.11. The molecule has 3 rings (SSSR count). The van der Waals surface area contributed by atoms with E-state index in [1.807, 2.05) is 18.2 Å². The number of ether oxygens (including phenoxy) is 2. The molecule has 0 saturated carbocycles. The van der Waals surface area contributed by atoms with E-state index in [1.54, 1.807) is 12.1 Å². The second kappa shape index (κ2) is 7.24. The minimum atomic E-state index is -0.450. The van der Waals surface area contributed by atoms with Gasteiger partial charge in [0.05, 0.1) is 12.9 Å². The molecular weight excluding hydrogens is 282 g/mol. The van der Waals surface area contributed by atoms with Crippen molar-refractivity contribution in [1.29, 1.82) is 0 Å². The van der Waals surface area contributed by atoms with Crippen LogP contribution in [0.25, 0.3) is 0 Å². The van der Waals surface area contributed by atoms with Crippen LogP contribution in [0, 0.1) is 0 Å². The highest BCUT2D eigenvalue weighted by atomic mass is 16.6. The molecule has 1 saturated heterocycles. The summed E-state index contributed by atoms with van der Waals surface area (Å²) in [5, 5.41) is 0. The third-order valence-corrected chi connectivity index (χ3v) is 3.59. The van der Waals surface area contributed by atoms with Gasteiger partial charge in [-0.05, 0) is 17.7 Å². The van der Waals surface area contributed by atoms with Crippen molar-refractivity contribution in [3.63, 3.8) is 0 Å². The number of rotatable bonds is 5. The van der Waals surface area contributed by atoms with Crippen LogP contribution in [0.4, 0.5) is 0 Å². The number of nitrogens with zero attached hydrogens (tertiary/aromatic N) is 1. The van der Waals surface area contributed by atoms with Gasteiger partial charge in [0.1, 0.15) is 12.7 Å². The van der Waals surface area contributed by atoms with Crippen molar-refractivity contribution in [2.75, 3.05) is 26.3 Å². The first kappa shape index (κ1) is 14.8. The van der Waals surface area contributed by atoms with Crippen LogP contribution in [0.2, 0.25) is 0 Å². The first-order valence-corrected chi connectivity index (χ1v) is 7.40. The van der Waals surface area contributed by atoms with Crippen LogP contribution in [-0.4, -0.2) is 43.3 Å². The third kappa shape index (κ3) is 3.96. The number of esters is 1. The molecular formula is C17H19NO4. The smallest absolute Gasteiger partial charge is 0.374 e. The number of carbonyl (C=O) groups excluding carboxylic acids is 1. The summed E-state index contributed by atoms with van der Waals surface area (Å²) in [7, 11) is 0. The molecule has 2 aromatic rings. The number of hydrogen-bond acceptors (Lipinski definition) is 5. The van der Waals surface area contributed by atoms with Crippen LogP contribution in [-0.2, 0) is 16.0 Å². The number of hydrogen-bond donors (Lipinski definition) is 0. The summed E-state index contributed by atoms with van der Waals surface area (Å²) in [5.74, 6) is -0.231. The Balaban J connectivity index is 1.47. The van der Waals surface area contributed by atoms with E-state index in [-0.39, 0.29) is 18.5 Å². The molecule has 116 valence electrons. The van der Waals surface area contributed by atoms with E-state index in [9.17, 15) is 4.79 Å². The summed E-state index contributed by atoms with van der Waals surface area (Å²) >= 11 is 0. The highest BCUT2D eigenvalue weighted by molar-refractivity contribution is 5.86. The zero-order valence-corrected chi connectivity index (χ0v) is 12.3. The lowest BCUT2D eigenvalue weighted by Gasteiger charge is -2.32. The summed E-state index contributed by atoms with van der Waals surface area (Å²) in [6, 6.07) is 13.6. The monoisotopic (exact) mass is 301 g/mol. The van der Waals surface area contributed by atoms with Gasteiger partial charge in [-0.15, -0.1) is 0 Å². The average Bonchev–Trinajstić information content (AvgIpc) is 3.08. The maximum atomic E-state index is 11.7. The van der Waals surface area contributed by atoms with Crippen LogP contribution in [0.5, 0.6) is 0 Å². The van der Waals surface area contributed by atoms with Crippen molar-refractivity contribution in [3.8, 4) is 0 Å². The molecule has 0 N–H and O–H groups in total. The molecule has 0 radical (unpaired) electrons. The molecule has 0 aliphatic carbocycles. The second-order valence-electron chi connectivity index (χ2n) is 5.29. The molecule has 5 heteroatoms. The normalized spacial score (nSPS) is 19.0. The second-order valence-corrected chi connectivity index (χ2v) is 5.29. The fraction of sp³-hybridized carbons (Fsp3) is 0.353. The van der Waals surface area contributed by atoms with Crippen LogP contribution in [0.15, 0.2) is 53.1 Å². The van der Waals surface area contributed by atoms with E-state index < -0.39 is 5.97 Å². The molecule has 1 aromatic heterocycles. The Bertz CT molecular complexity index is 582. The summed E-state index contributed by atoms with van der Waals surface area (Å²) in [4.78, 5) is 14.0. The summed E-state index contributed by atoms with van der Waals surface area (Å²) < 4.78 is 15.9. The Morgan fingerprint density at radius 3 is 2.86 bits per heavy atom.